The molecule has 2 heterocycles. The number of hydrogen-bond donors (Lipinski definition) is 1. The molecule has 0 aromatic carbocycles. The zero-order valence-electron chi connectivity index (χ0n) is 10.1. The summed E-state index contributed by atoms with van der Waals surface area (Å²) in [6.45, 7) is 6.96. The Labute approximate surface area is 97.8 Å². The predicted molar refractivity (Wildman–Crippen MR) is 65.6 cm³/mol. The van der Waals surface area contributed by atoms with Crippen LogP contribution in [0.1, 0.15) is 25.5 Å². The molecule has 90 valence electrons. The van der Waals surface area contributed by atoms with Gasteiger partial charge in [0.1, 0.15) is 5.76 Å². The van der Waals surface area contributed by atoms with E-state index in [1.165, 1.54) is 32.5 Å². The topological polar surface area (TPSA) is 28.4 Å². The maximum absolute atomic E-state index is 5.31. The first-order valence-electron chi connectivity index (χ1n) is 6.36. The molecule has 3 nitrogen and oxygen atoms in total. The Morgan fingerprint density at radius 3 is 2.88 bits per heavy atom. The molecular weight excluding hydrogens is 200 g/mol. The molecule has 0 amide bonds. The Kier molecular flexibility index (Phi) is 4.43. The van der Waals surface area contributed by atoms with Crippen LogP contribution in [0.25, 0.3) is 0 Å². The molecule has 1 saturated heterocycles. The number of rotatable bonds is 5. The van der Waals surface area contributed by atoms with Gasteiger partial charge in [0.15, 0.2) is 0 Å². The molecule has 0 unspecified atom stereocenters. The highest BCUT2D eigenvalue weighted by Gasteiger charge is 2.16. The van der Waals surface area contributed by atoms with Gasteiger partial charge in [-0.1, -0.05) is 6.92 Å². The lowest BCUT2D eigenvalue weighted by Crippen LogP contribution is -2.42. The molecule has 3 heteroatoms. The van der Waals surface area contributed by atoms with E-state index >= 15 is 0 Å². The van der Waals surface area contributed by atoms with Gasteiger partial charge in [-0.15, -0.1) is 0 Å². The Morgan fingerprint density at radius 1 is 1.44 bits per heavy atom. The zero-order chi connectivity index (χ0) is 11.2. The minimum Gasteiger partial charge on any atom is -0.469 e. The van der Waals surface area contributed by atoms with E-state index in [1.807, 2.05) is 12.1 Å². The molecule has 1 N–H and O–H groups in total. The van der Waals surface area contributed by atoms with Crippen LogP contribution in [-0.4, -0.2) is 37.1 Å². The second-order valence-electron chi connectivity index (χ2n) is 4.49. The lowest BCUT2D eigenvalue weighted by atomic mass is 10.1. The highest BCUT2D eigenvalue weighted by atomic mass is 16.3. The van der Waals surface area contributed by atoms with Crippen LogP contribution in [0.5, 0.6) is 0 Å². The Bertz CT molecular complexity index is 276. The second-order valence-corrected chi connectivity index (χ2v) is 4.49. The fraction of sp³-hybridized carbons (Fsp3) is 0.692. The molecule has 0 aliphatic carbocycles. The minimum atomic E-state index is 0.706. The molecule has 16 heavy (non-hydrogen) atoms. The first-order valence-corrected chi connectivity index (χ1v) is 6.36. The molecule has 1 aliphatic heterocycles. The number of nitrogens with one attached hydrogen (secondary N) is 1. The third-order valence-corrected chi connectivity index (χ3v) is 3.42. The highest BCUT2D eigenvalue weighted by molar-refractivity contribution is 4.98. The number of piperidine rings is 1. The van der Waals surface area contributed by atoms with Crippen LogP contribution in [0.4, 0.5) is 0 Å². The summed E-state index contributed by atoms with van der Waals surface area (Å²) < 4.78 is 5.31. The van der Waals surface area contributed by atoms with Crippen LogP contribution in [0, 0.1) is 0 Å². The van der Waals surface area contributed by atoms with Gasteiger partial charge in [-0.25, -0.2) is 0 Å². The molecule has 2 rings (SSSR count). The van der Waals surface area contributed by atoms with Crippen molar-refractivity contribution in [3.63, 3.8) is 0 Å². The third-order valence-electron chi connectivity index (χ3n) is 3.42. The Balaban J connectivity index is 1.60. The van der Waals surface area contributed by atoms with E-state index in [0.717, 1.165) is 18.7 Å². The van der Waals surface area contributed by atoms with Crippen molar-refractivity contribution in [3.05, 3.63) is 24.2 Å². The Morgan fingerprint density at radius 2 is 2.25 bits per heavy atom. The number of likely N-dealkylation sites (tertiary alicyclic amines) is 1. The lowest BCUT2D eigenvalue weighted by molar-refractivity contribution is 0.206. The van der Waals surface area contributed by atoms with E-state index in [1.54, 1.807) is 6.26 Å². The molecule has 1 aromatic rings. The SMILES string of the molecule is CCN1CCC(NCCc2ccco2)CC1. The fourth-order valence-electron chi connectivity index (χ4n) is 2.31. The van der Waals surface area contributed by atoms with Gasteiger partial charge in [0.2, 0.25) is 0 Å². The summed E-state index contributed by atoms with van der Waals surface area (Å²) in [5, 5.41) is 3.62. The summed E-state index contributed by atoms with van der Waals surface area (Å²) in [6.07, 6.45) is 5.31. The van der Waals surface area contributed by atoms with E-state index in [-0.39, 0.29) is 0 Å². The van der Waals surface area contributed by atoms with Crippen LogP contribution in [0.3, 0.4) is 0 Å². The molecule has 1 aromatic heterocycles. The maximum Gasteiger partial charge on any atom is 0.105 e. The first kappa shape index (κ1) is 11.7. The van der Waals surface area contributed by atoms with Crippen LogP contribution in [0.15, 0.2) is 22.8 Å². The summed E-state index contributed by atoms with van der Waals surface area (Å²) in [5.74, 6) is 1.08. The van der Waals surface area contributed by atoms with E-state index < -0.39 is 0 Å². The van der Waals surface area contributed by atoms with Crippen LogP contribution in [0.2, 0.25) is 0 Å². The average Bonchev–Trinajstić information content (AvgIpc) is 2.83. The van der Waals surface area contributed by atoms with Crippen LogP contribution >= 0.6 is 0 Å². The minimum absolute atomic E-state index is 0.706. The van der Waals surface area contributed by atoms with Gasteiger partial charge < -0.3 is 14.6 Å². The molecule has 1 aliphatic rings. The lowest BCUT2D eigenvalue weighted by Gasteiger charge is -2.31. The summed E-state index contributed by atoms with van der Waals surface area (Å²) in [5.41, 5.74) is 0. The number of hydrogen-bond acceptors (Lipinski definition) is 3. The van der Waals surface area contributed by atoms with Gasteiger partial charge in [0.25, 0.3) is 0 Å². The van der Waals surface area contributed by atoms with E-state index in [0.29, 0.717) is 6.04 Å². The van der Waals surface area contributed by atoms with Crippen molar-refractivity contribution in [1.29, 1.82) is 0 Å². The van der Waals surface area contributed by atoms with Crippen molar-refractivity contribution in [1.82, 2.24) is 10.2 Å². The normalized spacial score (nSPS) is 19.1. The molecule has 0 spiro atoms. The molecular formula is C13H22N2O. The summed E-state index contributed by atoms with van der Waals surface area (Å²) >= 11 is 0. The van der Waals surface area contributed by atoms with Crippen LogP contribution in [-0.2, 0) is 6.42 Å². The van der Waals surface area contributed by atoms with Crippen molar-refractivity contribution in [2.75, 3.05) is 26.2 Å². The second kappa shape index (κ2) is 6.06. The molecule has 1 fully saturated rings. The summed E-state index contributed by atoms with van der Waals surface area (Å²) in [6, 6.07) is 4.70. The van der Waals surface area contributed by atoms with Gasteiger partial charge in [-0.3, -0.25) is 0 Å². The highest BCUT2D eigenvalue weighted by Crippen LogP contribution is 2.09. The van der Waals surface area contributed by atoms with E-state index in [4.69, 9.17) is 4.42 Å². The van der Waals surface area contributed by atoms with Gasteiger partial charge in [-0.2, -0.15) is 0 Å². The van der Waals surface area contributed by atoms with Crippen molar-refractivity contribution in [2.24, 2.45) is 0 Å². The van der Waals surface area contributed by atoms with Gasteiger partial charge in [0, 0.05) is 19.0 Å². The van der Waals surface area contributed by atoms with Gasteiger partial charge in [-0.05, 0) is 44.6 Å². The summed E-state index contributed by atoms with van der Waals surface area (Å²) in [4.78, 5) is 2.52. The number of nitrogens with zero attached hydrogens (tertiary/aromatic N) is 1. The zero-order valence-corrected chi connectivity index (χ0v) is 10.1. The average molecular weight is 222 g/mol. The van der Waals surface area contributed by atoms with Crippen LogP contribution < -0.4 is 5.32 Å². The molecule has 0 atom stereocenters. The molecule has 0 bridgehead atoms. The van der Waals surface area contributed by atoms with Crippen molar-refractivity contribution >= 4 is 0 Å². The first-order chi connectivity index (χ1) is 7.88. The van der Waals surface area contributed by atoms with Crippen molar-refractivity contribution < 1.29 is 4.42 Å². The maximum atomic E-state index is 5.31. The summed E-state index contributed by atoms with van der Waals surface area (Å²) in [7, 11) is 0. The predicted octanol–water partition coefficient (Wildman–Crippen LogP) is 1.90. The number of furan rings is 1. The smallest absolute Gasteiger partial charge is 0.105 e. The van der Waals surface area contributed by atoms with E-state index in [2.05, 4.69) is 17.1 Å². The van der Waals surface area contributed by atoms with Crippen molar-refractivity contribution in [2.45, 2.75) is 32.2 Å². The van der Waals surface area contributed by atoms with E-state index in [9.17, 15) is 0 Å². The quantitative estimate of drug-likeness (QED) is 0.824. The van der Waals surface area contributed by atoms with Crippen molar-refractivity contribution in [3.8, 4) is 0 Å². The fourth-order valence-corrected chi connectivity index (χ4v) is 2.31. The third kappa shape index (κ3) is 3.35. The van der Waals surface area contributed by atoms with Gasteiger partial charge in [0.05, 0.1) is 6.26 Å². The van der Waals surface area contributed by atoms with Gasteiger partial charge >= 0.3 is 0 Å². The standard InChI is InChI=1S/C13H22N2O/c1-2-15-9-6-12(7-10-15)14-8-5-13-4-3-11-16-13/h3-4,11-12,14H,2,5-10H2,1H3. The largest absolute Gasteiger partial charge is 0.469 e. The monoisotopic (exact) mass is 222 g/mol. The molecule has 0 radical (unpaired) electrons. The molecule has 0 saturated carbocycles. The Hall–Kier alpha value is -0.800.